The maximum absolute atomic E-state index is 2.21. The molecule has 1 unspecified atom stereocenters. The van der Waals surface area contributed by atoms with Gasteiger partial charge in [-0.2, -0.15) is 11.8 Å². The Morgan fingerprint density at radius 2 is 2.38 bits per heavy atom. The molecule has 0 aliphatic carbocycles. The number of rotatable bonds is 1. The molecule has 0 nitrogen and oxygen atoms in total. The van der Waals surface area contributed by atoms with E-state index in [1.165, 1.54) is 25.0 Å². The van der Waals surface area contributed by atoms with Crippen molar-refractivity contribution in [2.45, 2.75) is 23.8 Å². The molecule has 0 aromatic rings. The highest BCUT2D eigenvalue weighted by Gasteiger charge is 2.10. The zero-order valence-corrected chi connectivity index (χ0v) is 6.86. The van der Waals surface area contributed by atoms with Gasteiger partial charge in [-0.3, -0.25) is 0 Å². The van der Waals surface area contributed by atoms with Crippen molar-refractivity contribution in [2.24, 2.45) is 0 Å². The van der Waals surface area contributed by atoms with E-state index in [9.17, 15) is 0 Å². The zero-order valence-electron chi connectivity index (χ0n) is 5.22. The lowest BCUT2D eigenvalue weighted by atomic mass is 10.3. The third-order valence-electron chi connectivity index (χ3n) is 1.40. The fraction of sp³-hybridized carbons (Fsp3) is 1.00. The first-order chi connectivity index (χ1) is 3.93. The molecule has 0 radical (unpaired) electrons. The number of hydrogen-bond donors (Lipinski definition) is 0. The molecule has 0 saturated carbocycles. The summed E-state index contributed by atoms with van der Waals surface area (Å²) >= 11 is 4.13. The zero-order chi connectivity index (χ0) is 5.82. The first-order valence-electron chi connectivity index (χ1n) is 3.08. The summed E-state index contributed by atoms with van der Waals surface area (Å²) in [7, 11) is 0. The average molecular weight is 148 g/mol. The molecule has 1 atom stereocenters. The van der Waals surface area contributed by atoms with Gasteiger partial charge in [-0.15, -0.1) is 11.8 Å². The molecule has 0 spiro atoms. The van der Waals surface area contributed by atoms with Crippen LogP contribution in [0.4, 0.5) is 0 Å². The fourth-order valence-corrected chi connectivity index (χ4v) is 3.10. The molecule has 1 heterocycles. The molecule has 1 aliphatic rings. The predicted octanol–water partition coefficient (Wildman–Crippen LogP) is 2.59. The van der Waals surface area contributed by atoms with E-state index in [2.05, 4.69) is 18.0 Å². The molecule has 0 aromatic carbocycles. The summed E-state index contributed by atoms with van der Waals surface area (Å²) in [5, 5.41) is 0. The normalized spacial score (nSPS) is 30.4. The Morgan fingerprint density at radius 3 is 2.75 bits per heavy atom. The molecule has 1 fully saturated rings. The van der Waals surface area contributed by atoms with Crippen LogP contribution in [0.15, 0.2) is 0 Å². The van der Waals surface area contributed by atoms with Crippen molar-refractivity contribution in [3.8, 4) is 0 Å². The lowest BCUT2D eigenvalue weighted by Gasteiger charge is -2.18. The van der Waals surface area contributed by atoms with Crippen molar-refractivity contribution in [3.05, 3.63) is 0 Å². The van der Waals surface area contributed by atoms with Gasteiger partial charge in [-0.1, -0.05) is 6.42 Å². The van der Waals surface area contributed by atoms with Crippen molar-refractivity contribution >= 4 is 23.5 Å². The van der Waals surface area contributed by atoms with Crippen LogP contribution in [-0.4, -0.2) is 16.6 Å². The van der Waals surface area contributed by atoms with E-state index in [-0.39, 0.29) is 0 Å². The Balaban J connectivity index is 2.13. The summed E-state index contributed by atoms with van der Waals surface area (Å²) < 4.78 is 0.920. The molecule has 0 amide bonds. The maximum Gasteiger partial charge on any atom is 0.0499 e. The molecule has 1 rings (SSSR count). The van der Waals surface area contributed by atoms with Crippen LogP contribution in [0.5, 0.6) is 0 Å². The molecule has 48 valence electrons. The fourth-order valence-electron chi connectivity index (χ4n) is 0.897. The summed E-state index contributed by atoms with van der Waals surface area (Å²) in [6, 6.07) is 0. The smallest absolute Gasteiger partial charge is 0.0499 e. The highest BCUT2D eigenvalue weighted by atomic mass is 32.2. The molecule has 2 heteroatoms. The van der Waals surface area contributed by atoms with Crippen LogP contribution in [0.25, 0.3) is 0 Å². The van der Waals surface area contributed by atoms with Crippen molar-refractivity contribution in [2.75, 3.05) is 12.0 Å². The number of hydrogen-bond acceptors (Lipinski definition) is 2. The van der Waals surface area contributed by atoms with E-state index in [4.69, 9.17) is 0 Å². The second-order valence-electron chi connectivity index (χ2n) is 2.03. The average Bonchev–Trinajstić information content (AvgIpc) is 1.90. The highest BCUT2D eigenvalue weighted by molar-refractivity contribution is 8.16. The second kappa shape index (κ2) is 3.67. The van der Waals surface area contributed by atoms with Crippen molar-refractivity contribution in [1.82, 2.24) is 0 Å². The van der Waals surface area contributed by atoms with E-state index < -0.39 is 0 Å². The maximum atomic E-state index is 2.21. The molecule has 0 aromatic heterocycles. The minimum absolute atomic E-state index is 0.920. The van der Waals surface area contributed by atoms with Gasteiger partial charge >= 0.3 is 0 Å². The van der Waals surface area contributed by atoms with Crippen molar-refractivity contribution in [1.29, 1.82) is 0 Å². The Bertz CT molecular complexity index is 57.5. The lowest BCUT2D eigenvalue weighted by Crippen LogP contribution is -2.03. The third-order valence-corrected chi connectivity index (χ3v) is 4.28. The van der Waals surface area contributed by atoms with Gasteiger partial charge in [0.25, 0.3) is 0 Å². The summed E-state index contributed by atoms with van der Waals surface area (Å²) in [6.07, 6.45) is 6.55. The van der Waals surface area contributed by atoms with E-state index in [1.54, 1.807) is 0 Å². The summed E-state index contributed by atoms with van der Waals surface area (Å²) in [6.45, 7) is 0. The van der Waals surface area contributed by atoms with Crippen LogP contribution in [0.1, 0.15) is 19.3 Å². The first kappa shape index (κ1) is 6.81. The van der Waals surface area contributed by atoms with Gasteiger partial charge in [0.1, 0.15) is 0 Å². The molecule has 1 aliphatic heterocycles. The summed E-state index contributed by atoms with van der Waals surface area (Å²) in [5.41, 5.74) is 0. The second-order valence-corrected chi connectivity index (χ2v) is 4.68. The van der Waals surface area contributed by atoms with Crippen LogP contribution < -0.4 is 0 Å². The Morgan fingerprint density at radius 1 is 1.50 bits per heavy atom. The SMILES string of the molecule is CSC1CCCCS1. The van der Waals surface area contributed by atoms with Gasteiger partial charge in [-0.25, -0.2) is 0 Å². The summed E-state index contributed by atoms with van der Waals surface area (Å²) in [4.78, 5) is 0. The molecule has 1 saturated heterocycles. The summed E-state index contributed by atoms with van der Waals surface area (Å²) in [5.74, 6) is 1.39. The molecular formula is C6H12S2. The Labute approximate surface area is 59.8 Å². The minimum Gasteiger partial charge on any atom is -0.151 e. The molecule has 0 bridgehead atoms. The lowest BCUT2D eigenvalue weighted by molar-refractivity contribution is 0.747. The predicted molar refractivity (Wildman–Crippen MR) is 43.6 cm³/mol. The van der Waals surface area contributed by atoms with Gasteiger partial charge in [0.2, 0.25) is 0 Å². The van der Waals surface area contributed by atoms with Crippen molar-refractivity contribution < 1.29 is 0 Å². The van der Waals surface area contributed by atoms with E-state index in [0.29, 0.717) is 0 Å². The van der Waals surface area contributed by atoms with Crippen LogP contribution in [0.2, 0.25) is 0 Å². The van der Waals surface area contributed by atoms with Gasteiger partial charge < -0.3 is 0 Å². The topological polar surface area (TPSA) is 0 Å². The van der Waals surface area contributed by atoms with E-state index >= 15 is 0 Å². The van der Waals surface area contributed by atoms with Gasteiger partial charge in [0, 0.05) is 4.58 Å². The van der Waals surface area contributed by atoms with Crippen LogP contribution in [0, 0.1) is 0 Å². The number of thioether (sulfide) groups is 2. The Kier molecular flexibility index (Phi) is 3.13. The third kappa shape index (κ3) is 1.90. The van der Waals surface area contributed by atoms with Crippen molar-refractivity contribution in [3.63, 3.8) is 0 Å². The Hall–Kier alpha value is 0.700. The quantitative estimate of drug-likeness (QED) is 0.560. The molecule has 0 N–H and O–H groups in total. The van der Waals surface area contributed by atoms with Crippen LogP contribution in [-0.2, 0) is 0 Å². The largest absolute Gasteiger partial charge is 0.151 e. The standard InChI is InChI=1S/C6H12S2/c1-7-6-4-2-3-5-8-6/h6H,2-5H2,1H3. The van der Waals surface area contributed by atoms with E-state index in [0.717, 1.165) is 4.58 Å². The minimum atomic E-state index is 0.920. The van der Waals surface area contributed by atoms with E-state index in [1.807, 2.05) is 11.8 Å². The van der Waals surface area contributed by atoms with Gasteiger partial charge in [-0.05, 0) is 24.9 Å². The highest BCUT2D eigenvalue weighted by Crippen LogP contribution is 2.31. The molecule has 8 heavy (non-hydrogen) atoms. The van der Waals surface area contributed by atoms with Gasteiger partial charge in [0.05, 0.1) is 0 Å². The molecular weight excluding hydrogens is 136 g/mol. The van der Waals surface area contributed by atoms with Gasteiger partial charge in [0.15, 0.2) is 0 Å². The first-order valence-corrected chi connectivity index (χ1v) is 5.41. The van der Waals surface area contributed by atoms with Crippen LogP contribution in [0.3, 0.4) is 0 Å². The monoisotopic (exact) mass is 148 g/mol. The van der Waals surface area contributed by atoms with Crippen LogP contribution >= 0.6 is 23.5 Å².